The quantitative estimate of drug-likeness (QED) is 0.920. The topological polar surface area (TPSA) is 59.3 Å². The molecule has 0 unspecified atom stereocenters. The van der Waals surface area contributed by atoms with Gasteiger partial charge >= 0.3 is 5.97 Å². The lowest BCUT2D eigenvalue weighted by Crippen LogP contribution is -2.27. The number of fused-ring (bicyclic) bond motifs is 1. The number of benzene rings is 1. The maximum absolute atomic E-state index is 12.3. The lowest BCUT2D eigenvalue weighted by Gasteiger charge is -2.15. The number of nitrogens with zero attached hydrogens (tertiary/aromatic N) is 1. The summed E-state index contributed by atoms with van der Waals surface area (Å²) in [6.07, 6.45) is 1.33. The Morgan fingerprint density at radius 1 is 1.26 bits per heavy atom. The fourth-order valence-electron chi connectivity index (χ4n) is 2.64. The molecule has 0 saturated heterocycles. The Labute approximate surface area is 111 Å². The molecule has 0 aliphatic rings. The summed E-state index contributed by atoms with van der Waals surface area (Å²) in [7, 11) is 1.63. The van der Waals surface area contributed by atoms with Gasteiger partial charge in [-0.15, -0.1) is 0 Å². The monoisotopic (exact) mass is 259 g/mol. The van der Waals surface area contributed by atoms with E-state index in [1.807, 2.05) is 32.0 Å². The van der Waals surface area contributed by atoms with E-state index in [2.05, 4.69) is 0 Å². The Kier molecular flexibility index (Phi) is 3.42. The summed E-state index contributed by atoms with van der Waals surface area (Å²) < 4.78 is 1.46. The maximum Gasteiger partial charge on any atom is 0.341 e. The Hall–Kier alpha value is -2.10. The van der Waals surface area contributed by atoms with Gasteiger partial charge in [0.05, 0.1) is 5.52 Å². The minimum Gasteiger partial charge on any atom is -0.477 e. The van der Waals surface area contributed by atoms with Gasteiger partial charge < -0.3 is 9.67 Å². The van der Waals surface area contributed by atoms with Crippen LogP contribution in [-0.4, -0.2) is 15.6 Å². The number of carboxylic acids is 1. The van der Waals surface area contributed by atoms with Gasteiger partial charge in [0.25, 0.3) is 5.56 Å². The van der Waals surface area contributed by atoms with Gasteiger partial charge in [0.1, 0.15) is 5.56 Å². The van der Waals surface area contributed by atoms with E-state index in [0.29, 0.717) is 12.0 Å². The van der Waals surface area contributed by atoms with Crippen LogP contribution in [0.3, 0.4) is 0 Å². The summed E-state index contributed by atoms with van der Waals surface area (Å²) >= 11 is 0. The first-order valence-electron chi connectivity index (χ1n) is 6.39. The second-order valence-corrected chi connectivity index (χ2v) is 4.54. The molecule has 1 aromatic carbocycles. The van der Waals surface area contributed by atoms with Gasteiger partial charge in [-0.25, -0.2) is 4.79 Å². The van der Waals surface area contributed by atoms with Crippen LogP contribution in [0.4, 0.5) is 0 Å². The third-order valence-corrected chi connectivity index (χ3v) is 3.55. The average molecular weight is 259 g/mol. The molecule has 19 heavy (non-hydrogen) atoms. The van der Waals surface area contributed by atoms with Gasteiger partial charge in [0.2, 0.25) is 0 Å². The highest BCUT2D eigenvalue weighted by Gasteiger charge is 2.20. The molecule has 1 aromatic heterocycles. The minimum atomic E-state index is -1.15. The molecular formula is C15H17NO3. The van der Waals surface area contributed by atoms with Crippen LogP contribution in [0, 0.1) is 0 Å². The normalized spacial score (nSPS) is 10.9. The minimum absolute atomic E-state index is 0.106. The Morgan fingerprint density at radius 3 is 2.47 bits per heavy atom. The maximum atomic E-state index is 12.3. The molecule has 4 nitrogen and oxygen atoms in total. The molecule has 1 heterocycles. The lowest BCUT2D eigenvalue weighted by atomic mass is 9.97. The van der Waals surface area contributed by atoms with Crippen LogP contribution in [-0.2, 0) is 19.9 Å². The van der Waals surface area contributed by atoms with E-state index in [0.717, 1.165) is 22.9 Å². The van der Waals surface area contributed by atoms with Crippen molar-refractivity contribution in [1.82, 2.24) is 4.57 Å². The first-order chi connectivity index (χ1) is 9.02. The SMILES string of the molecule is CCc1c(C(=O)O)c(=O)n(C)c2c(CC)cccc12. The third-order valence-electron chi connectivity index (χ3n) is 3.55. The standard InChI is InChI=1S/C15H17NO3/c1-4-9-7-6-8-11-10(5-2)12(15(18)19)14(17)16(3)13(9)11/h6-8H,4-5H2,1-3H3,(H,18,19). The van der Waals surface area contributed by atoms with Crippen LogP contribution < -0.4 is 5.56 Å². The second kappa shape index (κ2) is 4.88. The highest BCUT2D eigenvalue weighted by Crippen LogP contribution is 2.24. The van der Waals surface area contributed by atoms with Gasteiger partial charge in [-0.05, 0) is 24.0 Å². The van der Waals surface area contributed by atoms with Crippen molar-refractivity contribution in [1.29, 1.82) is 0 Å². The molecule has 0 bridgehead atoms. The molecule has 2 rings (SSSR count). The van der Waals surface area contributed by atoms with Crippen LogP contribution in [0.5, 0.6) is 0 Å². The van der Waals surface area contributed by atoms with Gasteiger partial charge in [-0.2, -0.15) is 0 Å². The summed E-state index contributed by atoms with van der Waals surface area (Å²) in [6, 6.07) is 5.78. The molecule has 0 atom stereocenters. The summed E-state index contributed by atoms with van der Waals surface area (Å²) in [5.41, 5.74) is 1.99. The van der Waals surface area contributed by atoms with Crippen LogP contribution in [0.1, 0.15) is 35.3 Å². The zero-order chi connectivity index (χ0) is 14.2. The molecule has 1 N–H and O–H groups in total. The number of carbonyl (C=O) groups is 1. The first kappa shape index (κ1) is 13.3. The fraction of sp³-hybridized carbons (Fsp3) is 0.333. The van der Waals surface area contributed by atoms with Crippen molar-refractivity contribution in [3.05, 3.63) is 45.2 Å². The fourth-order valence-corrected chi connectivity index (χ4v) is 2.64. The zero-order valence-electron chi connectivity index (χ0n) is 11.4. The molecule has 0 fully saturated rings. The van der Waals surface area contributed by atoms with E-state index in [1.165, 1.54) is 4.57 Å². The van der Waals surface area contributed by atoms with Gasteiger partial charge in [-0.1, -0.05) is 32.0 Å². The summed E-state index contributed by atoms with van der Waals surface area (Å²) in [4.78, 5) is 23.6. The number of hydrogen-bond donors (Lipinski definition) is 1. The Morgan fingerprint density at radius 2 is 1.95 bits per heavy atom. The molecule has 0 saturated carbocycles. The Balaban J connectivity index is 3.09. The van der Waals surface area contributed by atoms with Crippen molar-refractivity contribution in [2.24, 2.45) is 7.05 Å². The molecule has 0 amide bonds. The lowest BCUT2D eigenvalue weighted by molar-refractivity contribution is 0.0693. The van der Waals surface area contributed by atoms with E-state index in [4.69, 9.17) is 0 Å². The third kappa shape index (κ3) is 1.93. The van der Waals surface area contributed by atoms with Crippen molar-refractivity contribution < 1.29 is 9.90 Å². The molecule has 0 aliphatic heterocycles. The van der Waals surface area contributed by atoms with Crippen LogP contribution in [0.15, 0.2) is 23.0 Å². The van der Waals surface area contributed by atoms with Crippen molar-refractivity contribution >= 4 is 16.9 Å². The molecule has 0 radical (unpaired) electrons. The summed E-state index contributed by atoms with van der Waals surface area (Å²) in [5, 5.41) is 10.1. The van der Waals surface area contributed by atoms with Crippen molar-refractivity contribution in [3.8, 4) is 0 Å². The molecule has 2 aromatic rings. The second-order valence-electron chi connectivity index (χ2n) is 4.54. The largest absolute Gasteiger partial charge is 0.477 e. The predicted molar refractivity (Wildman–Crippen MR) is 74.9 cm³/mol. The van der Waals surface area contributed by atoms with E-state index in [1.54, 1.807) is 7.05 Å². The zero-order valence-corrected chi connectivity index (χ0v) is 11.4. The molecule has 0 aliphatic carbocycles. The number of para-hydroxylation sites is 1. The van der Waals surface area contributed by atoms with Crippen LogP contribution >= 0.6 is 0 Å². The highest BCUT2D eigenvalue weighted by molar-refractivity contribution is 5.97. The van der Waals surface area contributed by atoms with E-state index >= 15 is 0 Å². The number of carboxylic acid groups (broad SMARTS) is 1. The number of aromatic carboxylic acids is 1. The predicted octanol–water partition coefficient (Wildman–Crippen LogP) is 2.36. The molecule has 100 valence electrons. The molecule has 0 spiro atoms. The number of pyridine rings is 1. The van der Waals surface area contributed by atoms with Crippen LogP contribution in [0.25, 0.3) is 10.9 Å². The highest BCUT2D eigenvalue weighted by atomic mass is 16.4. The van der Waals surface area contributed by atoms with Crippen LogP contribution in [0.2, 0.25) is 0 Å². The van der Waals surface area contributed by atoms with Crippen molar-refractivity contribution in [2.75, 3.05) is 0 Å². The first-order valence-corrected chi connectivity index (χ1v) is 6.39. The van der Waals surface area contributed by atoms with E-state index in [-0.39, 0.29) is 5.56 Å². The van der Waals surface area contributed by atoms with Gasteiger partial charge in [0.15, 0.2) is 0 Å². The molecular weight excluding hydrogens is 242 g/mol. The van der Waals surface area contributed by atoms with E-state index in [9.17, 15) is 14.7 Å². The molecule has 4 heteroatoms. The number of aromatic nitrogens is 1. The number of aryl methyl sites for hydroxylation is 3. The Bertz CT molecular complexity index is 713. The number of hydrogen-bond acceptors (Lipinski definition) is 2. The van der Waals surface area contributed by atoms with Gasteiger partial charge in [-0.3, -0.25) is 4.79 Å². The summed E-state index contributed by atoms with van der Waals surface area (Å²) in [6.45, 7) is 3.90. The van der Waals surface area contributed by atoms with Crippen molar-refractivity contribution in [2.45, 2.75) is 26.7 Å². The van der Waals surface area contributed by atoms with Gasteiger partial charge in [0, 0.05) is 12.4 Å². The summed E-state index contributed by atoms with van der Waals surface area (Å²) in [5.74, 6) is -1.15. The van der Waals surface area contributed by atoms with Crippen molar-refractivity contribution in [3.63, 3.8) is 0 Å². The van der Waals surface area contributed by atoms with E-state index < -0.39 is 11.5 Å². The smallest absolute Gasteiger partial charge is 0.341 e. The average Bonchev–Trinajstić information content (AvgIpc) is 2.41. The number of rotatable bonds is 3.